The predicted octanol–water partition coefficient (Wildman–Crippen LogP) is -0.545. The standard InChI is InChI=1S/C8H14O5/c1-5(10)6(11)13-7(12)8(2,3)4-9/h5,9-10H,4H2,1-3H3. The second-order valence-corrected chi connectivity index (χ2v) is 3.43. The molecule has 5 nitrogen and oxygen atoms in total. The minimum absolute atomic E-state index is 0.418. The van der Waals surface area contributed by atoms with Crippen LogP contribution in [-0.4, -0.2) is 34.9 Å². The van der Waals surface area contributed by atoms with Gasteiger partial charge in [-0.1, -0.05) is 0 Å². The zero-order chi connectivity index (χ0) is 10.6. The smallest absolute Gasteiger partial charge is 0.342 e. The molecule has 13 heavy (non-hydrogen) atoms. The molecule has 0 aliphatic carbocycles. The van der Waals surface area contributed by atoms with E-state index in [1.54, 1.807) is 0 Å². The molecule has 0 aliphatic heterocycles. The molecule has 0 spiro atoms. The number of carbonyl (C=O) groups excluding carboxylic acids is 2. The van der Waals surface area contributed by atoms with Gasteiger partial charge in [-0.25, -0.2) is 4.79 Å². The Labute approximate surface area is 76.3 Å². The van der Waals surface area contributed by atoms with Crippen molar-refractivity contribution in [3.05, 3.63) is 0 Å². The SMILES string of the molecule is CC(O)C(=O)OC(=O)C(C)(C)CO. The Bertz CT molecular complexity index is 207. The zero-order valence-electron chi connectivity index (χ0n) is 7.90. The Hall–Kier alpha value is -0.940. The Kier molecular flexibility index (Phi) is 4.03. The highest BCUT2D eigenvalue weighted by Crippen LogP contribution is 2.15. The summed E-state index contributed by atoms with van der Waals surface area (Å²) in [5.41, 5.74) is -1.12. The Morgan fingerprint density at radius 3 is 2.23 bits per heavy atom. The van der Waals surface area contributed by atoms with E-state index in [1.165, 1.54) is 20.8 Å². The predicted molar refractivity (Wildman–Crippen MR) is 43.6 cm³/mol. The molecule has 0 saturated heterocycles. The van der Waals surface area contributed by atoms with Gasteiger partial charge in [0.1, 0.15) is 6.10 Å². The minimum Gasteiger partial charge on any atom is -0.395 e. The molecule has 2 N–H and O–H groups in total. The Morgan fingerprint density at radius 1 is 1.46 bits per heavy atom. The first kappa shape index (κ1) is 12.1. The molecule has 0 aromatic carbocycles. The summed E-state index contributed by atoms with van der Waals surface area (Å²) in [4.78, 5) is 21.8. The van der Waals surface area contributed by atoms with Crippen LogP contribution in [0.15, 0.2) is 0 Å². The van der Waals surface area contributed by atoms with Crippen LogP contribution < -0.4 is 0 Å². The number of esters is 2. The molecule has 0 amide bonds. The van der Waals surface area contributed by atoms with Gasteiger partial charge < -0.3 is 14.9 Å². The fraction of sp³-hybridized carbons (Fsp3) is 0.750. The van der Waals surface area contributed by atoms with Crippen LogP contribution in [-0.2, 0) is 14.3 Å². The van der Waals surface area contributed by atoms with Crippen LogP contribution in [0.1, 0.15) is 20.8 Å². The highest BCUT2D eigenvalue weighted by Gasteiger charge is 2.31. The van der Waals surface area contributed by atoms with Crippen molar-refractivity contribution in [2.75, 3.05) is 6.61 Å². The monoisotopic (exact) mass is 190 g/mol. The van der Waals surface area contributed by atoms with Crippen molar-refractivity contribution >= 4 is 11.9 Å². The van der Waals surface area contributed by atoms with E-state index in [9.17, 15) is 9.59 Å². The lowest BCUT2D eigenvalue weighted by atomic mass is 9.95. The third-order valence-electron chi connectivity index (χ3n) is 1.48. The van der Waals surface area contributed by atoms with Crippen molar-refractivity contribution < 1.29 is 24.5 Å². The fourth-order valence-electron chi connectivity index (χ4n) is 0.379. The summed E-state index contributed by atoms with van der Waals surface area (Å²) >= 11 is 0. The van der Waals surface area contributed by atoms with Crippen molar-refractivity contribution in [2.45, 2.75) is 26.9 Å². The summed E-state index contributed by atoms with van der Waals surface area (Å²) < 4.78 is 4.28. The van der Waals surface area contributed by atoms with E-state index >= 15 is 0 Å². The van der Waals surface area contributed by atoms with Crippen LogP contribution in [0, 0.1) is 5.41 Å². The van der Waals surface area contributed by atoms with Crippen LogP contribution in [0.2, 0.25) is 0 Å². The van der Waals surface area contributed by atoms with Crippen LogP contribution in [0.4, 0.5) is 0 Å². The first-order chi connectivity index (χ1) is 5.81. The van der Waals surface area contributed by atoms with Gasteiger partial charge >= 0.3 is 11.9 Å². The topological polar surface area (TPSA) is 83.8 Å². The van der Waals surface area contributed by atoms with Crippen molar-refractivity contribution in [1.82, 2.24) is 0 Å². The summed E-state index contributed by atoms with van der Waals surface area (Å²) in [5.74, 6) is -1.85. The summed E-state index contributed by atoms with van der Waals surface area (Å²) in [6.07, 6.45) is -1.33. The lowest BCUT2D eigenvalue weighted by molar-refractivity contribution is -0.172. The molecule has 0 radical (unpaired) electrons. The maximum Gasteiger partial charge on any atom is 0.342 e. The molecular weight excluding hydrogens is 176 g/mol. The van der Waals surface area contributed by atoms with E-state index in [0.29, 0.717) is 0 Å². The van der Waals surface area contributed by atoms with Crippen LogP contribution >= 0.6 is 0 Å². The molecule has 0 heterocycles. The van der Waals surface area contributed by atoms with Gasteiger partial charge in [0.05, 0.1) is 12.0 Å². The highest BCUT2D eigenvalue weighted by molar-refractivity contribution is 5.90. The van der Waals surface area contributed by atoms with Crippen LogP contribution in [0.25, 0.3) is 0 Å². The van der Waals surface area contributed by atoms with Gasteiger partial charge in [0.2, 0.25) is 0 Å². The van der Waals surface area contributed by atoms with Crippen LogP contribution in [0.3, 0.4) is 0 Å². The number of ether oxygens (including phenoxy) is 1. The van der Waals surface area contributed by atoms with E-state index in [2.05, 4.69) is 4.74 Å². The molecule has 1 atom stereocenters. The van der Waals surface area contributed by atoms with Gasteiger partial charge in [0.15, 0.2) is 0 Å². The lowest BCUT2D eigenvalue weighted by Crippen LogP contribution is -2.34. The number of aliphatic hydroxyl groups is 2. The van der Waals surface area contributed by atoms with E-state index < -0.39 is 30.1 Å². The van der Waals surface area contributed by atoms with Crippen molar-refractivity contribution in [2.24, 2.45) is 5.41 Å². The maximum absolute atomic E-state index is 11.1. The average molecular weight is 190 g/mol. The summed E-state index contributed by atoms with van der Waals surface area (Å²) in [7, 11) is 0. The number of carbonyl (C=O) groups is 2. The first-order valence-corrected chi connectivity index (χ1v) is 3.86. The molecule has 76 valence electrons. The van der Waals surface area contributed by atoms with Gasteiger partial charge in [0.25, 0.3) is 0 Å². The highest BCUT2D eigenvalue weighted by atomic mass is 16.6. The van der Waals surface area contributed by atoms with E-state index in [0.717, 1.165) is 0 Å². The van der Waals surface area contributed by atoms with Crippen molar-refractivity contribution in [1.29, 1.82) is 0 Å². The summed E-state index contributed by atoms with van der Waals surface area (Å²) in [6.45, 7) is 3.65. The molecular formula is C8H14O5. The van der Waals surface area contributed by atoms with E-state index in [-0.39, 0.29) is 0 Å². The molecule has 0 aromatic rings. The summed E-state index contributed by atoms with van der Waals surface area (Å²) in [5, 5.41) is 17.5. The zero-order valence-corrected chi connectivity index (χ0v) is 7.90. The van der Waals surface area contributed by atoms with Crippen molar-refractivity contribution in [3.63, 3.8) is 0 Å². The first-order valence-electron chi connectivity index (χ1n) is 3.86. The molecule has 0 aliphatic rings. The van der Waals surface area contributed by atoms with Crippen LogP contribution in [0.5, 0.6) is 0 Å². The third kappa shape index (κ3) is 3.52. The second kappa shape index (κ2) is 4.34. The normalized spacial score (nSPS) is 13.6. The van der Waals surface area contributed by atoms with E-state index in [4.69, 9.17) is 10.2 Å². The lowest BCUT2D eigenvalue weighted by Gasteiger charge is -2.18. The van der Waals surface area contributed by atoms with Gasteiger partial charge in [-0.2, -0.15) is 0 Å². The minimum atomic E-state index is -1.33. The molecule has 0 fully saturated rings. The molecule has 0 bridgehead atoms. The summed E-state index contributed by atoms with van der Waals surface area (Å²) in [6, 6.07) is 0. The van der Waals surface area contributed by atoms with Gasteiger partial charge in [-0.05, 0) is 20.8 Å². The van der Waals surface area contributed by atoms with Crippen molar-refractivity contribution in [3.8, 4) is 0 Å². The molecule has 0 aromatic heterocycles. The largest absolute Gasteiger partial charge is 0.395 e. The maximum atomic E-state index is 11.1. The van der Waals surface area contributed by atoms with Gasteiger partial charge in [0, 0.05) is 0 Å². The Morgan fingerprint density at radius 2 is 1.92 bits per heavy atom. The number of hydrogen-bond acceptors (Lipinski definition) is 5. The number of aliphatic hydroxyl groups excluding tert-OH is 2. The quantitative estimate of drug-likeness (QED) is 0.461. The Balaban J connectivity index is 4.24. The van der Waals surface area contributed by atoms with Gasteiger partial charge in [-0.3, -0.25) is 4.79 Å². The molecule has 1 unspecified atom stereocenters. The molecule has 0 rings (SSSR count). The average Bonchev–Trinajstić information content (AvgIpc) is 2.04. The number of rotatable bonds is 3. The molecule has 0 saturated carbocycles. The molecule has 5 heteroatoms. The fourth-order valence-corrected chi connectivity index (χ4v) is 0.379. The second-order valence-electron chi connectivity index (χ2n) is 3.43. The third-order valence-corrected chi connectivity index (χ3v) is 1.48. The van der Waals surface area contributed by atoms with E-state index in [1.807, 2.05) is 0 Å². The van der Waals surface area contributed by atoms with Gasteiger partial charge in [-0.15, -0.1) is 0 Å². The number of hydrogen-bond donors (Lipinski definition) is 2.